The first-order valence-corrected chi connectivity index (χ1v) is 6.80. The Morgan fingerprint density at radius 2 is 1.61 bits per heavy atom. The number of aliphatic hydroxyl groups excluding tert-OH is 1. The van der Waals surface area contributed by atoms with Crippen molar-refractivity contribution in [3.8, 4) is 0 Å². The number of nitrogens with one attached hydrogen (secondary N) is 2. The van der Waals surface area contributed by atoms with Gasteiger partial charge >= 0.3 is 12.2 Å². The van der Waals surface area contributed by atoms with E-state index in [9.17, 15) is 23.1 Å². The number of aliphatic hydroxyl groups is 1. The molecule has 7 heteroatoms. The molecule has 4 nitrogen and oxygen atoms in total. The Labute approximate surface area is 131 Å². The van der Waals surface area contributed by atoms with Crippen LogP contribution in [-0.2, 0) is 19.3 Å². The molecule has 2 amide bonds. The van der Waals surface area contributed by atoms with Gasteiger partial charge in [-0.2, -0.15) is 13.2 Å². The summed E-state index contributed by atoms with van der Waals surface area (Å²) >= 11 is 0. The Balaban J connectivity index is 1.92. The highest BCUT2D eigenvalue weighted by molar-refractivity contribution is 5.89. The van der Waals surface area contributed by atoms with Crippen LogP contribution in [0.5, 0.6) is 0 Å². The second kappa shape index (κ2) is 7.15. The van der Waals surface area contributed by atoms with Crippen molar-refractivity contribution in [1.29, 1.82) is 0 Å². The zero-order valence-corrected chi connectivity index (χ0v) is 12.0. The van der Waals surface area contributed by atoms with E-state index < -0.39 is 17.8 Å². The molecule has 0 aliphatic carbocycles. The van der Waals surface area contributed by atoms with Gasteiger partial charge in [0.05, 0.1) is 12.2 Å². The van der Waals surface area contributed by atoms with Gasteiger partial charge in [-0.25, -0.2) is 4.79 Å². The van der Waals surface area contributed by atoms with E-state index in [2.05, 4.69) is 10.6 Å². The van der Waals surface area contributed by atoms with E-state index in [4.69, 9.17) is 0 Å². The molecule has 0 atom stereocenters. The predicted octanol–water partition coefficient (Wildman–Crippen LogP) is 3.52. The fourth-order valence-electron chi connectivity index (χ4n) is 1.98. The largest absolute Gasteiger partial charge is 0.416 e. The Hall–Kier alpha value is -2.54. The molecule has 0 unspecified atom stereocenters. The van der Waals surface area contributed by atoms with Crippen LogP contribution in [0.4, 0.5) is 23.7 Å². The first kappa shape index (κ1) is 16.8. The topological polar surface area (TPSA) is 61.4 Å². The van der Waals surface area contributed by atoms with Crippen LogP contribution in [0.2, 0.25) is 0 Å². The lowest BCUT2D eigenvalue weighted by Gasteiger charge is -2.11. The van der Waals surface area contributed by atoms with E-state index >= 15 is 0 Å². The molecule has 0 saturated carbocycles. The minimum atomic E-state index is -4.41. The van der Waals surface area contributed by atoms with Crippen LogP contribution in [0.1, 0.15) is 16.7 Å². The fraction of sp³-hybridized carbons (Fsp3) is 0.188. The number of hydrogen-bond acceptors (Lipinski definition) is 2. The number of hydrogen-bond donors (Lipinski definition) is 3. The minimum absolute atomic E-state index is 0.140. The van der Waals surface area contributed by atoms with Crippen LogP contribution < -0.4 is 10.6 Å². The summed E-state index contributed by atoms with van der Waals surface area (Å²) in [5.74, 6) is 0. The first-order chi connectivity index (χ1) is 10.9. The Morgan fingerprint density at radius 3 is 2.17 bits per heavy atom. The molecule has 2 aromatic rings. The number of anilines is 1. The lowest BCUT2D eigenvalue weighted by Crippen LogP contribution is -2.28. The van der Waals surface area contributed by atoms with Crippen LogP contribution in [0, 0.1) is 0 Å². The summed E-state index contributed by atoms with van der Waals surface area (Å²) in [6, 6.07) is 10.7. The van der Waals surface area contributed by atoms with Crippen molar-refractivity contribution in [1.82, 2.24) is 5.32 Å². The van der Waals surface area contributed by atoms with Gasteiger partial charge in [-0.1, -0.05) is 24.3 Å². The third-order valence-electron chi connectivity index (χ3n) is 3.20. The maximum absolute atomic E-state index is 12.4. The number of carbonyl (C=O) groups is 1. The lowest BCUT2D eigenvalue weighted by atomic mass is 10.1. The van der Waals surface area contributed by atoms with E-state index in [0.717, 1.165) is 17.7 Å². The summed E-state index contributed by atoms with van der Waals surface area (Å²) in [6.45, 7) is 0.0571. The van der Waals surface area contributed by atoms with Gasteiger partial charge in [0, 0.05) is 12.2 Å². The molecular weight excluding hydrogens is 309 g/mol. The molecule has 3 N–H and O–H groups in total. The number of alkyl halides is 3. The van der Waals surface area contributed by atoms with E-state index in [1.165, 1.54) is 12.1 Å². The zero-order chi connectivity index (χ0) is 16.9. The molecular formula is C16H15F3N2O2. The number of halogens is 3. The molecule has 0 fully saturated rings. The van der Waals surface area contributed by atoms with Crippen molar-refractivity contribution >= 4 is 11.7 Å². The molecule has 2 rings (SSSR count). The first-order valence-electron chi connectivity index (χ1n) is 6.80. The van der Waals surface area contributed by atoms with Crippen molar-refractivity contribution in [3.63, 3.8) is 0 Å². The molecule has 2 aromatic carbocycles. The van der Waals surface area contributed by atoms with Gasteiger partial charge < -0.3 is 15.7 Å². The highest BCUT2D eigenvalue weighted by atomic mass is 19.4. The number of rotatable bonds is 4. The van der Waals surface area contributed by atoms with Crippen LogP contribution in [-0.4, -0.2) is 11.1 Å². The van der Waals surface area contributed by atoms with Gasteiger partial charge in [0.25, 0.3) is 0 Å². The van der Waals surface area contributed by atoms with E-state index in [-0.39, 0.29) is 18.8 Å². The van der Waals surface area contributed by atoms with E-state index in [1.54, 1.807) is 24.3 Å². The fourth-order valence-corrected chi connectivity index (χ4v) is 1.98. The summed E-state index contributed by atoms with van der Waals surface area (Å²) in [5.41, 5.74) is 0.936. The molecule has 0 aromatic heterocycles. The predicted molar refractivity (Wildman–Crippen MR) is 79.7 cm³/mol. The highest BCUT2D eigenvalue weighted by Gasteiger charge is 2.29. The number of benzene rings is 2. The van der Waals surface area contributed by atoms with E-state index in [0.29, 0.717) is 5.56 Å². The monoisotopic (exact) mass is 324 g/mol. The summed E-state index contributed by atoms with van der Waals surface area (Å²) in [4.78, 5) is 11.8. The summed E-state index contributed by atoms with van der Waals surface area (Å²) < 4.78 is 37.3. The van der Waals surface area contributed by atoms with Gasteiger partial charge in [-0.15, -0.1) is 0 Å². The zero-order valence-electron chi connectivity index (χ0n) is 12.0. The average molecular weight is 324 g/mol. The summed E-state index contributed by atoms with van der Waals surface area (Å²) in [6.07, 6.45) is -4.41. The number of amides is 2. The highest BCUT2D eigenvalue weighted by Crippen LogP contribution is 2.29. The van der Waals surface area contributed by atoms with Crippen molar-refractivity contribution < 1.29 is 23.1 Å². The van der Waals surface area contributed by atoms with Gasteiger partial charge in [0.2, 0.25) is 0 Å². The van der Waals surface area contributed by atoms with Crippen LogP contribution >= 0.6 is 0 Å². The summed E-state index contributed by atoms with van der Waals surface area (Å²) in [7, 11) is 0. The van der Waals surface area contributed by atoms with Crippen LogP contribution in [0.15, 0.2) is 48.5 Å². The molecule has 0 radical (unpaired) electrons. The lowest BCUT2D eigenvalue weighted by molar-refractivity contribution is -0.137. The van der Waals surface area contributed by atoms with E-state index in [1.807, 2.05) is 0 Å². The van der Waals surface area contributed by atoms with Crippen molar-refractivity contribution in [3.05, 3.63) is 65.2 Å². The normalized spacial score (nSPS) is 11.1. The van der Waals surface area contributed by atoms with Gasteiger partial charge in [0.1, 0.15) is 0 Å². The van der Waals surface area contributed by atoms with Crippen molar-refractivity contribution in [2.75, 3.05) is 5.32 Å². The van der Waals surface area contributed by atoms with Gasteiger partial charge in [-0.05, 0) is 35.4 Å². The Kier molecular flexibility index (Phi) is 5.23. The third kappa shape index (κ3) is 4.72. The van der Waals surface area contributed by atoms with Crippen molar-refractivity contribution in [2.24, 2.45) is 0 Å². The van der Waals surface area contributed by atoms with Crippen LogP contribution in [0.25, 0.3) is 0 Å². The Morgan fingerprint density at radius 1 is 1.00 bits per heavy atom. The number of urea groups is 1. The van der Waals surface area contributed by atoms with Gasteiger partial charge in [0.15, 0.2) is 0 Å². The molecule has 0 bridgehead atoms. The quantitative estimate of drug-likeness (QED) is 0.806. The molecule has 0 aliphatic heterocycles. The smallest absolute Gasteiger partial charge is 0.392 e. The minimum Gasteiger partial charge on any atom is -0.392 e. The maximum Gasteiger partial charge on any atom is 0.416 e. The molecule has 122 valence electrons. The summed E-state index contributed by atoms with van der Waals surface area (Å²) in [5, 5.41) is 14.2. The van der Waals surface area contributed by atoms with Crippen LogP contribution in [0.3, 0.4) is 0 Å². The molecule has 0 aliphatic rings. The molecule has 23 heavy (non-hydrogen) atoms. The maximum atomic E-state index is 12.4. The van der Waals surface area contributed by atoms with Crippen molar-refractivity contribution in [2.45, 2.75) is 19.3 Å². The SMILES string of the molecule is O=C(NCc1ccccc1CO)Nc1ccc(C(F)(F)F)cc1. The molecule has 0 saturated heterocycles. The van der Waals surface area contributed by atoms with Gasteiger partial charge in [-0.3, -0.25) is 0 Å². The standard InChI is InChI=1S/C16H15F3N2O2/c17-16(18,19)13-5-7-14(8-6-13)21-15(23)20-9-11-3-1-2-4-12(11)10-22/h1-8,22H,9-10H2,(H2,20,21,23). The average Bonchev–Trinajstić information content (AvgIpc) is 2.53. The Bertz CT molecular complexity index is 670. The molecule has 0 spiro atoms. The third-order valence-corrected chi connectivity index (χ3v) is 3.20. The molecule has 0 heterocycles. The number of carbonyl (C=O) groups excluding carboxylic acids is 1. The second-order valence-electron chi connectivity index (χ2n) is 4.81. The second-order valence-corrected chi connectivity index (χ2v) is 4.81.